The smallest absolute Gasteiger partial charge is 0.164 e. The first-order chi connectivity index (χ1) is 16.1. The van der Waals surface area contributed by atoms with Gasteiger partial charge in [-0.2, -0.15) is 10.2 Å². The Balaban J connectivity index is 1.67. The zero-order chi connectivity index (χ0) is 24.3. The van der Waals surface area contributed by atoms with Crippen molar-refractivity contribution in [3.63, 3.8) is 0 Å². The van der Waals surface area contributed by atoms with Crippen molar-refractivity contribution in [2.45, 2.75) is 65.5 Å². The molecule has 34 heavy (non-hydrogen) atoms. The van der Waals surface area contributed by atoms with Gasteiger partial charge in [-0.3, -0.25) is 9.78 Å². The van der Waals surface area contributed by atoms with Gasteiger partial charge in [-0.25, -0.2) is 0 Å². The molecule has 3 heterocycles. The molecule has 2 unspecified atom stereocenters. The molecule has 5 rings (SSSR count). The van der Waals surface area contributed by atoms with E-state index >= 15 is 0 Å². The third-order valence-corrected chi connectivity index (χ3v) is 7.49. The summed E-state index contributed by atoms with van der Waals surface area (Å²) in [6.07, 6.45) is 3.81. The number of fused-ring (bicyclic) bond motifs is 1. The van der Waals surface area contributed by atoms with Crippen molar-refractivity contribution in [1.29, 1.82) is 0 Å². The normalized spacial score (nSPS) is 24.9. The van der Waals surface area contributed by atoms with Gasteiger partial charge in [0.25, 0.3) is 0 Å². The third kappa shape index (κ3) is 3.47. The van der Waals surface area contributed by atoms with Crippen LogP contribution in [0.1, 0.15) is 57.0 Å². The first kappa shape index (κ1) is 22.5. The maximum absolute atomic E-state index is 13.7. The van der Waals surface area contributed by atoms with E-state index in [4.69, 9.17) is 0 Å². The number of rotatable bonds is 4. The number of pyridine rings is 1. The van der Waals surface area contributed by atoms with Crippen LogP contribution in [0.4, 0.5) is 11.4 Å². The van der Waals surface area contributed by atoms with Crippen molar-refractivity contribution in [3.8, 4) is 0 Å². The van der Waals surface area contributed by atoms with Crippen molar-refractivity contribution in [2.24, 2.45) is 15.6 Å². The second-order valence-electron chi connectivity index (χ2n) is 10.6. The largest absolute Gasteiger partial charge is 0.362 e. The first-order valence-corrected chi connectivity index (χ1v) is 12.1. The van der Waals surface area contributed by atoms with E-state index in [9.17, 15) is 4.79 Å². The fraction of sp³-hybridized carbons (Fsp3) is 0.429. The number of carbonyl (C=O) groups excluding carboxylic acids is 1. The highest BCUT2D eigenvalue weighted by molar-refractivity contribution is 6.01. The highest BCUT2D eigenvalue weighted by Gasteiger charge is 2.53. The number of benzene rings is 1. The van der Waals surface area contributed by atoms with Crippen LogP contribution in [0.25, 0.3) is 0 Å². The molecule has 0 saturated heterocycles. The summed E-state index contributed by atoms with van der Waals surface area (Å²) in [4.78, 5) is 20.4. The lowest BCUT2D eigenvalue weighted by Gasteiger charge is -2.48. The van der Waals surface area contributed by atoms with Crippen molar-refractivity contribution < 1.29 is 4.79 Å². The number of hydrogen-bond acceptors (Lipinski definition) is 6. The number of allylic oxidation sites excluding steroid dienone is 2. The molecule has 0 saturated carbocycles. The van der Waals surface area contributed by atoms with Gasteiger partial charge in [0.2, 0.25) is 0 Å². The standard InChI is InChI=1S/C28H33N5O/c1-7-28(19-9-8-10-20(13-19)33(6)21-11-17(2)30-18(3)12-21)22-16-29-32-26(22)31-23-14-27(4,5)15-24(34)25(23)28/h8-13,16,26,31H,7,14-15H2,1-6H3. The maximum Gasteiger partial charge on any atom is 0.164 e. The average molecular weight is 456 g/mol. The Bertz CT molecular complexity index is 1250. The van der Waals surface area contributed by atoms with Crippen molar-refractivity contribution in [2.75, 3.05) is 11.9 Å². The molecule has 1 N–H and O–H groups in total. The summed E-state index contributed by atoms with van der Waals surface area (Å²) in [5.41, 5.74) is 7.67. The van der Waals surface area contributed by atoms with E-state index in [-0.39, 0.29) is 17.4 Å². The summed E-state index contributed by atoms with van der Waals surface area (Å²) < 4.78 is 0. The number of azo groups is 1. The van der Waals surface area contributed by atoms with Crippen LogP contribution in [0, 0.1) is 19.3 Å². The van der Waals surface area contributed by atoms with Gasteiger partial charge in [-0.1, -0.05) is 32.9 Å². The molecule has 1 aromatic carbocycles. The summed E-state index contributed by atoms with van der Waals surface area (Å²) in [6.45, 7) is 10.5. The fourth-order valence-electron chi connectivity index (χ4n) is 6.03. The number of aromatic nitrogens is 1. The fourth-order valence-corrected chi connectivity index (χ4v) is 6.03. The van der Waals surface area contributed by atoms with Crippen LogP contribution < -0.4 is 10.2 Å². The van der Waals surface area contributed by atoms with E-state index in [1.54, 1.807) is 0 Å². The zero-order valence-electron chi connectivity index (χ0n) is 20.9. The summed E-state index contributed by atoms with van der Waals surface area (Å²) in [5.74, 6) is 0.228. The van der Waals surface area contributed by atoms with Gasteiger partial charge in [0.1, 0.15) is 0 Å². The number of anilines is 2. The molecular weight excluding hydrogens is 422 g/mol. The number of hydrogen-bond donors (Lipinski definition) is 1. The van der Waals surface area contributed by atoms with Crippen LogP contribution in [0.2, 0.25) is 0 Å². The van der Waals surface area contributed by atoms with E-state index in [2.05, 4.69) is 89.6 Å². The van der Waals surface area contributed by atoms with Gasteiger partial charge < -0.3 is 10.2 Å². The summed E-state index contributed by atoms with van der Waals surface area (Å²) in [6, 6.07) is 12.8. The number of carbonyl (C=O) groups is 1. The van der Waals surface area contributed by atoms with Crippen LogP contribution in [-0.4, -0.2) is 24.0 Å². The molecule has 6 heteroatoms. The Hall–Kier alpha value is -3.28. The Morgan fingerprint density at radius 1 is 1.09 bits per heavy atom. The molecule has 176 valence electrons. The highest BCUT2D eigenvalue weighted by Crippen LogP contribution is 2.54. The molecule has 1 aliphatic carbocycles. The highest BCUT2D eigenvalue weighted by atomic mass is 16.1. The predicted octanol–water partition coefficient (Wildman–Crippen LogP) is 6.04. The lowest BCUT2D eigenvalue weighted by molar-refractivity contribution is -0.119. The van der Waals surface area contributed by atoms with Gasteiger partial charge in [0.15, 0.2) is 11.9 Å². The van der Waals surface area contributed by atoms with Gasteiger partial charge in [0.05, 0.1) is 11.6 Å². The minimum absolute atomic E-state index is 0.0709. The molecule has 3 aliphatic rings. The molecule has 2 aromatic rings. The molecule has 0 spiro atoms. The summed E-state index contributed by atoms with van der Waals surface area (Å²) >= 11 is 0. The topological polar surface area (TPSA) is 70.0 Å². The zero-order valence-corrected chi connectivity index (χ0v) is 20.9. The number of nitrogens with one attached hydrogen (secondary N) is 1. The minimum Gasteiger partial charge on any atom is -0.362 e. The molecule has 2 atom stereocenters. The lowest BCUT2D eigenvalue weighted by atomic mass is 9.59. The van der Waals surface area contributed by atoms with Gasteiger partial charge in [0, 0.05) is 53.1 Å². The van der Waals surface area contributed by atoms with E-state index in [1.807, 2.05) is 20.0 Å². The second-order valence-corrected chi connectivity index (χ2v) is 10.6. The lowest BCUT2D eigenvalue weighted by Crippen LogP contribution is -2.51. The van der Waals surface area contributed by atoms with E-state index in [0.29, 0.717) is 6.42 Å². The number of ketones is 1. The minimum atomic E-state index is -0.538. The SMILES string of the molecule is CCC1(c2cccc(N(C)c3cc(C)nc(C)c3)c2)C2=CN=NC2NC2=C1C(=O)CC(C)(C)C2. The van der Waals surface area contributed by atoms with Crippen LogP contribution in [0.15, 0.2) is 69.7 Å². The molecule has 2 aliphatic heterocycles. The Morgan fingerprint density at radius 2 is 1.82 bits per heavy atom. The summed E-state index contributed by atoms with van der Waals surface area (Å²) in [7, 11) is 2.08. The van der Waals surface area contributed by atoms with Gasteiger partial charge in [-0.15, -0.1) is 0 Å². The quantitative estimate of drug-likeness (QED) is 0.610. The third-order valence-electron chi connectivity index (χ3n) is 7.49. The molecule has 0 fully saturated rings. The van der Waals surface area contributed by atoms with Gasteiger partial charge in [-0.05, 0) is 61.9 Å². The number of nitrogens with zero attached hydrogens (tertiary/aromatic N) is 4. The van der Waals surface area contributed by atoms with Crippen LogP contribution in [-0.2, 0) is 10.2 Å². The predicted molar refractivity (Wildman–Crippen MR) is 135 cm³/mol. The molecular formula is C28H33N5O. The number of Topliss-reactive ketones (excluding diaryl/α,β-unsaturated/α-hetero) is 1. The summed E-state index contributed by atoms with van der Waals surface area (Å²) in [5, 5.41) is 12.3. The monoisotopic (exact) mass is 455 g/mol. The van der Waals surface area contributed by atoms with E-state index < -0.39 is 5.41 Å². The number of aryl methyl sites for hydroxylation is 2. The van der Waals surface area contributed by atoms with Crippen molar-refractivity contribution in [1.82, 2.24) is 10.3 Å². The van der Waals surface area contributed by atoms with E-state index in [0.717, 1.165) is 58.0 Å². The Kier molecular flexibility index (Phi) is 5.23. The van der Waals surface area contributed by atoms with Crippen LogP contribution in [0.3, 0.4) is 0 Å². The van der Waals surface area contributed by atoms with Crippen LogP contribution in [0.5, 0.6) is 0 Å². The molecule has 1 aromatic heterocycles. The average Bonchev–Trinajstić information content (AvgIpc) is 3.24. The molecule has 6 nitrogen and oxygen atoms in total. The van der Waals surface area contributed by atoms with Crippen LogP contribution >= 0.6 is 0 Å². The Morgan fingerprint density at radius 3 is 2.53 bits per heavy atom. The first-order valence-electron chi connectivity index (χ1n) is 12.1. The Labute approximate surface area is 201 Å². The van der Waals surface area contributed by atoms with Crippen molar-refractivity contribution >= 4 is 17.2 Å². The second kappa shape index (κ2) is 7.90. The molecule has 0 amide bonds. The van der Waals surface area contributed by atoms with E-state index in [1.165, 1.54) is 0 Å². The molecule has 0 radical (unpaired) electrons. The molecule has 0 bridgehead atoms. The van der Waals surface area contributed by atoms with Crippen molar-refractivity contribution in [3.05, 3.63) is 76.4 Å². The maximum atomic E-state index is 13.7. The van der Waals surface area contributed by atoms with Gasteiger partial charge >= 0.3 is 0 Å².